The zero-order chi connectivity index (χ0) is 25.6. The molecule has 5 rings (SSSR count). The predicted octanol–water partition coefficient (Wildman–Crippen LogP) is 3.45. The van der Waals surface area contributed by atoms with Crippen LogP contribution < -0.4 is 14.8 Å². The summed E-state index contributed by atoms with van der Waals surface area (Å²) in [6, 6.07) is 11.8. The molecule has 1 spiro atoms. The molecule has 0 saturated carbocycles. The van der Waals surface area contributed by atoms with E-state index < -0.39 is 22.8 Å². The number of piperidine rings is 1. The summed E-state index contributed by atoms with van der Waals surface area (Å²) in [6.07, 6.45) is -1.71. The van der Waals surface area contributed by atoms with Gasteiger partial charge in [0.05, 0.1) is 11.9 Å². The molecule has 0 aliphatic carbocycles. The smallest absolute Gasteiger partial charge is 0.355 e. The number of nitrogens with two attached hydrogens (primary N) is 1. The van der Waals surface area contributed by atoms with Crippen molar-refractivity contribution in [3.63, 3.8) is 0 Å². The van der Waals surface area contributed by atoms with Gasteiger partial charge in [0.15, 0.2) is 0 Å². The average Bonchev–Trinajstić information content (AvgIpc) is 2.77. The van der Waals surface area contributed by atoms with Gasteiger partial charge in [0.1, 0.15) is 12.1 Å². The summed E-state index contributed by atoms with van der Waals surface area (Å²) in [5.74, 6) is 0.699. The van der Waals surface area contributed by atoms with E-state index in [0.717, 1.165) is 51.1 Å². The Bertz CT molecular complexity index is 1350. The Hall–Kier alpha value is -2.96. The number of halogens is 3. The van der Waals surface area contributed by atoms with E-state index in [4.69, 9.17) is 5.14 Å². The van der Waals surface area contributed by atoms with Crippen LogP contribution >= 0.6 is 0 Å². The molecule has 192 valence electrons. The van der Waals surface area contributed by atoms with Crippen molar-refractivity contribution < 1.29 is 21.6 Å². The number of fused-ring (bicyclic) bond motifs is 1. The third-order valence-electron chi connectivity index (χ3n) is 6.97. The molecule has 8 nitrogen and oxygen atoms in total. The Kier molecular flexibility index (Phi) is 6.29. The summed E-state index contributed by atoms with van der Waals surface area (Å²) < 4.78 is 63.2. The van der Waals surface area contributed by atoms with Gasteiger partial charge in [-0.1, -0.05) is 18.2 Å². The molecule has 2 aliphatic heterocycles. The van der Waals surface area contributed by atoms with Crippen molar-refractivity contribution in [3.8, 4) is 0 Å². The molecule has 0 amide bonds. The van der Waals surface area contributed by atoms with Crippen molar-refractivity contribution in [2.45, 2.75) is 32.0 Å². The van der Waals surface area contributed by atoms with Crippen LogP contribution in [0, 0.1) is 5.41 Å². The van der Waals surface area contributed by atoms with Crippen LogP contribution in [0.4, 0.5) is 24.7 Å². The van der Waals surface area contributed by atoms with Gasteiger partial charge in [0, 0.05) is 36.1 Å². The zero-order valence-electron chi connectivity index (χ0n) is 19.5. The first-order valence-corrected chi connectivity index (χ1v) is 13.2. The summed E-state index contributed by atoms with van der Waals surface area (Å²) in [5, 5.41) is 5.66. The second-order valence-electron chi connectivity index (χ2n) is 9.82. The first-order valence-electron chi connectivity index (χ1n) is 11.6. The zero-order valence-corrected chi connectivity index (χ0v) is 20.3. The van der Waals surface area contributed by atoms with Crippen LogP contribution in [0.15, 0.2) is 48.8 Å². The minimum atomic E-state index is -4.26. The normalized spacial score (nSPS) is 18.4. The Morgan fingerprint density at radius 2 is 1.67 bits per heavy atom. The van der Waals surface area contributed by atoms with Gasteiger partial charge >= 0.3 is 6.18 Å². The van der Waals surface area contributed by atoms with Gasteiger partial charge in [-0.25, -0.2) is 15.1 Å². The van der Waals surface area contributed by atoms with Crippen molar-refractivity contribution >= 4 is 32.6 Å². The van der Waals surface area contributed by atoms with Crippen LogP contribution in [-0.4, -0.2) is 55.6 Å². The maximum atomic E-state index is 12.9. The van der Waals surface area contributed by atoms with Gasteiger partial charge in [-0.05, 0) is 61.3 Å². The highest BCUT2D eigenvalue weighted by Crippen LogP contribution is 2.43. The number of aromatic nitrogens is 2. The van der Waals surface area contributed by atoms with Gasteiger partial charge in [0.25, 0.3) is 10.2 Å². The van der Waals surface area contributed by atoms with Gasteiger partial charge < -0.3 is 4.90 Å². The van der Waals surface area contributed by atoms with Crippen LogP contribution in [0.25, 0.3) is 10.9 Å². The van der Waals surface area contributed by atoms with Crippen molar-refractivity contribution in [1.82, 2.24) is 14.9 Å². The molecule has 2 aliphatic rings. The van der Waals surface area contributed by atoms with E-state index in [2.05, 4.69) is 24.5 Å². The van der Waals surface area contributed by atoms with Gasteiger partial charge in [-0.15, -0.1) is 0 Å². The lowest BCUT2D eigenvalue weighted by molar-refractivity contribution is -0.127. The highest BCUT2D eigenvalue weighted by atomic mass is 32.2. The molecular formula is C24H27F3N6O2S. The number of hydrogen-bond acceptors (Lipinski definition) is 6. The van der Waals surface area contributed by atoms with Gasteiger partial charge in [0.2, 0.25) is 0 Å². The Balaban J connectivity index is 1.19. The fourth-order valence-electron chi connectivity index (χ4n) is 5.20. The standard InChI is InChI=1S/C24H27F3N6O2S/c25-24(26,27)12-18-3-6-21-20(11-18)22(30-16-29-21)33-14-23(15-33)7-9-32(10-8-23)13-17-1-4-19(5-2-17)31-36(28,34)35/h1-6,11,16,31H,7-10,12-15H2,(H2,28,34,35). The minimum absolute atomic E-state index is 0.181. The van der Waals surface area contributed by atoms with Crippen LogP contribution in [0.3, 0.4) is 0 Å². The van der Waals surface area contributed by atoms with Crippen molar-refractivity contribution in [3.05, 3.63) is 59.9 Å². The third-order valence-corrected chi connectivity index (χ3v) is 7.49. The molecule has 1 aromatic heterocycles. The number of nitrogens with one attached hydrogen (secondary N) is 1. The molecule has 3 heterocycles. The Labute approximate surface area is 207 Å². The number of hydrogen-bond donors (Lipinski definition) is 2. The fraction of sp³-hybridized carbons (Fsp3) is 0.417. The topological polar surface area (TPSA) is 104 Å². The van der Waals surface area contributed by atoms with Gasteiger partial charge in [-0.3, -0.25) is 9.62 Å². The van der Waals surface area contributed by atoms with Crippen molar-refractivity contribution in [1.29, 1.82) is 0 Å². The minimum Gasteiger partial charge on any atom is -0.355 e. The number of rotatable bonds is 6. The van der Waals surface area contributed by atoms with Crippen LogP contribution in [-0.2, 0) is 23.2 Å². The number of benzene rings is 2. The van der Waals surface area contributed by atoms with E-state index in [1.165, 1.54) is 12.4 Å². The lowest BCUT2D eigenvalue weighted by Gasteiger charge is -2.54. The maximum Gasteiger partial charge on any atom is 0.393 e. The van der Waals surface area contributed by atoms with Crippen LogP contribution in [0.5, 0.6) is 0 Å². The number of likely N-dealkylation sites (tertiary alicyclic amines) is 1. The second-order valence-corrected chi connectivity index (χ2v) is 11.1. The summed E-state index contributed by atoms with van der Waals surface area (Å²) in [5.41, 5.74) is 2.55. The fourth-order valence-corrected chi connectivity index (χ4v) is 5.66. The van der Waals surface area contributed by atoms with E-state index in [1.807, 2.05) is 12.1 Å². The third kappa shape index (κ3) is 5.71. The summed E-state index contributed by atoms with van der Waals surface area (Å²) in [7, 11) is -3.79. The molecule has 2 fully saturated rings. The molecule has 0 atom stereocenters. The van der Waals surface area contributed by atoms with E-state index in [9.17, 15) is 21.6 Å². The monoisotopic (exact) mass is 520 g/mol. The second kappa shape index (κ2) is 9.16. The molecule has 2 saturated heterocycles. The Morgan fingerprint density at radius 1 is 1.00 bits per heavy atom. The number of nitrogens with zero attached hydrogens (tertiary/aromatic N) is 4. The van der Waals surface area contributed by atoms with Crippen LogP contribution in [0.2, 0.25) is 0 Å². The van der Waals surface area contributed by atoms with E-state index in [1.54, 1.807) is 24.3 Å². The highest BCUT2D eigenvalue weighted by molar-refractivity contribution is 7.90. The van der Waals surface area contributed by atoms with Crippen molar-refractivity contribution in [2.75, 3.05) is 35.8 Å². The van der Waals surface area contributed by atoms with E-state index in [0.29, 0.717) is 22.4 Å². The highest BCUT2D eigenvalue weighted by Gasteiger charge is 2.45. The molecule has 12 heteroatoms. The molecule has 0 radical (unpaired) electrons. The Morgan fingerprint density at radius 3 is 2.31 bits per heavy atom. The quantitative estimate of drug-likeness (QED) is 0.516. The molecule has 3 N–H and O–H groups in total. The number of anilines is 2. The summed E-state index contributed by atoms with van der Waals surface area (Å²) in [4.78, 5) is 13.2. The summed E-state index contributed by atoms with van der Waals surface area (Å²) in [6.45, 7) is 4.29. The lowest BCUT2D eigenvalue weighted by atomic mass is 9.72. The van der Waals surface area contributed by atoms with Crippen molar-refractivity contribution in [2.24, 2.45) is 10.6 Å². The summed E-state index contributed by atoms with van der Waals surface area (Å²) >= 11 is 0. The molecule has 0 bridgehead atoms. The van der Waals surface area contributed by atoms with E-state index >= 15 is 0 Å². The molecule has 0 unspecified atom stereocenters. The maximum absolute atomic E-state index is 12.9. The average molecular weight is 521 g/mol. The van der Waals surface area contributed by atoms with Crippen LogP contribution in [0.1, 0.15) is 24.0 Å². The molecular weight excluding hydrogens is 493 g/mol. The molecule has 3 aromatic rings. The van der Waals surface area contributed by atoms with E-state index in [-0.39, 0.29) is 11.0 Å². The van der Waals surface area contributed by atoms with Gasteiger partial charge in [-0.2, -0.15) is 21.6 Å². The first-order chi connectivity index (χ1) is 17.0. The first kappa shape index (κ1) is 24.7. The molecule has 36 heavy (non-hydrogen) atoms. The predicted molar refractivity (Wildman–Crippen MR) is 132 cm³/mol. The molecule has 2 aromatic carbocycles. The lowest BCUT2D eigenvalue weighted by Crippen LogP contribution is -2.60. The largest absolute Gasteiger partial charge is 0.393 e. The SMILES string of the molecule is NS(=O)(=O)Nc1ccc(CN2CCC3(CC2)CN(c2ncnc4ccc(CC(F)(F)F)cc24)C3)cc1. The number of alkyl halides is 3.